The van der Waals surface area contributed by atoms with E-state index in [9.17, 15) is 4.79 Å². The Labute approximate surface area is 104 Å². The first-order valence-corrected chi connectivity index (χ1v) is 5.46. The number of aryl methyl sites for hydroxylation is 2. The van der Waals surface area contributed by atoms with E-state index < -0.39 is 0 Å². The SMILES string of the molecule is Cc1noc(C)c1NC(=O)c1ccccc1Cl. The minimum absolute atomic E-state index is 0.273. The molecule has 1 amide bonds. The van der Waals surface area contributed by atoms with Crippen LogP contribution in [0.1, 0.15) is 21.8 Å². The lowest BCUT2D eigenvalue weighted by Crippen LogP contribution is -2.13. The highest BCUT2D eigenvalue weighted by Crippen LogP contribution is 2.21. The van der Waals surface area contributed by atoms with Crippen LogP contribution in [-0.2, 0) is 0 Å². The molecule has 2 rings (SSSR count). The van der Waals surface area contributed by atoms with Gasteiger partial charge in [0.2, 0.25) is 0 Å². The van der Waals surface area contributed by atoms with Crippen molar-refractivity contribution in [2.75, 3.05) is 5.32 Å². The van der Waals surface area contributed by atoms with Crippen molar-refractivity contribution in [1.82, 2.24) is 5.16 Å². The molecule has 0 unspecified atom stereocenters. The van der Waals surface area contributed by atoms with E-state index in [1.54, 1.807) is 38.1 Å². The standard InChI is InChI=1S/C12H11ClN2O2/c1-7-11(8(2)17-15-7)14-12(16)9-5-3-4-6-10(9)13/h3-6H,1-2H3,(H,14,16). The maximum Gasteiger partial charge on any atom is 0.257 e. The zero-order valence-electron chi connectivity index (χ0n) is 9.45. The fraction of sp³-hybridized carbons (Fsp3) is 0.167. The number of aromatic nitrogens is 1. The van der Waals surface area contributed by atoms with Crippen molar-refractivity contribution < 1.29 is 9.32 Å². The first-order valence-electron chi connectivity index (χ1n) is 5.08. The molecule has 0 radical (unpaired) electrons. The Balaban J connectivity index is 2.27. The highest BCUT2D eigenvalue weighted by molar-refractivity contribution is 6.34. The van der Waals surface area contributed by atoms with Crippen LogP contribution in [0.3, 0.4) is 0 Å². The van der Waals surface area contributed by atoms with Gasteiger partial charge in [0.15, 0.2) is 5.76 Å². The van der Waals surface area contributed by atoms with Crippen LogP contribution >= 0.6 is 11.6 Å². The Morgan fingerprint density at radius 3 is 2.65 bits per heavy atom. The van der Waals surface area contributed by atoms with Crippen molar-refractivity contribution in [1.29, 1.82) is 0 Å². The number of anilines is 1. The van der Waals surface area contributed by atoms with Crippen LogP contribution in [0, 0.1) is 13.8 Å². The molecular weight excluding hydrogens is 240 g/mol. The molecule has 0 saturated heterocycles. The largest absolute Gasteiger partial charge is 0.359 e. The van der Waals surface area contributed by atoms with E-state index in [2.05, 4.69) is 10.5 Å². The van der Waals surface area contributed by atoms with E-state index in [0.29, 0.717) is 27.7 Å². The van der Waals surface area contributed by atoms with E-state index in [0.717, 1.165) is 0 Å². The fourth-order valence-electron chi connectivity index (χ4n) is 1.49. The summed E-state index contributed by atoms with van der Waals surface area (Å²) in [4.78, 5) is 12.0. The molecule has 1 N–H and O–H groups in total. The number of carbonyl (C=O) groups is 1. The molecule has 1 aromatic heterocycles. The maximum atomic E-state index is 12.0. The van der Waals surface area contributed by atoms with E-state index >= 15 is 0 Å². The number of benzene rings is 1. The second-order valence-corrected chi connectivity index (χ2v) is 4.04. The molecule has 4 nitrogen and oxygen atoms in total. The van der Waals surface area contributed by atoms with Gasteiger partial charge >= 0.3 is 0 Å². The molecule has 0 aliphatic carbocycles. The lowest BCUT2D eigenvalue weighted by molar-refractivity contribution is 0.102. The lowest BCUT2D eigenvalue weighted by Gasteiger charge is -2.05. The molecule has 2 aromatic rings. The molecule has 1 aromatic carbocycles. The van der Waals surface area contributed by atoms with Crippen LogP contribution < -0.4 is 5.32 Å². The van der Waals surface area contributed by atoms with Crippen LogP contribution in [0.2, 0.25) is 5.02 Å². The van der Waals surface area contributed by atoms with Crippen molar-refractivity contribution in [3.05, 3.63) is 46.3 Å². The summed E-state index contributed by atoms with van der Waals surface area (Å²) in [6.45, 7) is 3.50. The Morgan fingerprint density at radius 1 is 1.35 bits per heavy atom. The third-order valence-corrected chi connectivity index (χ3v) is 2.72. The summed E-state index contributed by atoms with van der Waals surface area (Å²) < 4.78 is 4.96. The van der Waals surface area contributed by atoms with Gasteiger partial charge in [-0.3, -0.25) is 4.79 Å². The molecule has 0 spiro atoms. The van der Waals surface area contributed by atoms with Crippen LogP contribution in [0.5, 0.6) is 0 Å². The average molecular weight is 251 g/mol. The summed E-state index contributed by atoms with van der Waals surface area (Å²) in [6.07, 6.45) is 0. The molecule has 0 atom stereocenters. The van der Waals surface area contributed by atoms with E-state index in [1.807, 2.05) is 0 Å². The number of hydrogen-bond acceptors (Lipinski definition) is 3. The maximum absolute atomic E-state index is 12.0. The van der Waals surface area contributed by atoms with Crippen molar-refractivity contribution in [2.24, 2.45) is 0 Å². The van der Waals surface area contributed by atoms with Gasteiger partial charge in [0.05, 0.1) is 10.6 Å². The first kappa shape index (κ1) is 11.7. The van der Waals surface area contributed by atoms with Crippen LogP contribution in [-0.4, -0.2) is 11.1 Å². The van der Waals surface area contributed by atoms with Gasteiger partial charge in [0.1, 0.15) is 11.4 Å². The van der Waals surface area contributed by atoms with E-state index in [-0.39, 0.29) is 5.91 Å². The third kappa shape index (κ3) is 2.31. The topological polar surface area (TPSA) is 55.1 Å². The van der Waals surface area contributed by atoms with Gasteiger partial charge in [-0.1, -0.05) is 28.9 Å². The number of amides is 1. The highest BCUT2D eigenvalue weighted by atomic mass is 35.5. The Hall–Kier alpha value is -1.81. The molecule has 5 heteroatoms. The molecule has 0 fully saturated rings. The summed E-state index contributed by atoms with van der Waals surface area (Å²) >= 11 is 5.94. The Morgan fingerprint density at radius 2 is 2.06 bits per heavy atom. The Bertz CT molecular complexity index is 544. The van der Waals surface area contributed by atoms with Gasteiger partial charge in [-0.25, -0.2) is 0 Å². The molecule has 0 aliphatic rings. The van der Waals surface area contributed by atoms with Crippen molar-refractivity contribution in [3.8, 4) is 0 Å². The van der Waals surface area contributed by atoms with Crippen LogP contribution in [0.4, 0.5) is 5.69 Å². The molecular formula is C12H11ClN2O2. The number of rotatable bonds is 2. The third-order valence-electron chi connectivity index (χ3n) is 2.39. The quantitative estimate of drug-likeness (QED) is 0.891. The Kier molecular flexibility index (Phi) is 3.15. The molecule has 0 saturated carbocycles. The number of hydrogen-bond donors (Lipinski definition) is 1. The minimum atomic E-state index is -0.273. The second-order valence-electron chi connectivity index (χ2n) is 3.63. The van der Waals surface area contributed by atoms with Crippen molar-refractivity contribution in [3.63, 3.8) is 0 Å². The first-order chi connectivity index (χ1) is 8.09. The monoisotopic (exact) mass is 250 g/mol. The minimum Gasteiger partial charge on any atom is -0.359 e. The van der Waals surface area contributed by atoms with Crippen LogP contribution in [0.15, 0.2) is 28.8 Å². The molecule has 0 aliphatic heterocycles. The smallest absolute Gasteiger partial charge is 0.257 e. The zero-order valence-corrected chi connectivity index (χ0v) is 10.2. The zero-order chi connectivity index (χ0) is 12.4. The van der Waals surface area contributed by atoms with Crippen molar-refractivity contribution >= 4 is 23.2 Å². The van der Waals surface area contributed by atoms with Gasteiger partial charge in [0.25, 0.3) is 5.91 Å². The lowest BCUT2D eigenvalue weighted by atomic mass is 10.2. The molecule has 88 valence electrons. The van der Waals surface area contributed by atoms with Gasteiger partial charge < -0.3 is 9.84 Å². The highest BCUT2D eigenvalue weighted by Gasteiger charge is 2.15. The van der Waals surface area contributed by atoms with E-state index in [1.165, 1.54) is 0 Å². The molecule has 0 bridgehead atoms. The predicted octanol–water partition coefficient (Wildman–Crippen LogP) is 3.20. The number of nitrogens with one attached hydrogen (secondary N) is 1. The summed E-state index contributed by atoms with van der Waals surface area (Å²) in [5.41, 5.74) is 1.66. The average Bonchev–Trinajstić information content (AvgIpc) is 2.61. The summed E-state index contributed by atoms with van der Waals surface area (Å²) in [7, 11) is 0. The molecule has 1 heterocycles. The van der Waals surface area contributed by atoms with Gasteiger partial charge in [0, 0.05) is 0 Å². The van der Waals surface area contributed by atoms with Crippen molar-refractivity contribution in [2.45, 2.75) is 13.8 Å². The normalized spacial score (nSPS) is 10.3. The van der Waals surface area contributed by atoms with E-state index in [4.69, 9.17) is 16.1 Å². The number of halogens is 1. The summed E-state index contributed by atoms with van der Waals surface area (Å²) in [6, 6.07) is 6.86. The predicted molar refractivity (Wildman–Crippen MR) is 65.4 cm³/mol. The van der Waals surface area contributed by atoms with Gasteiger partial charge in [-0.2, -0.15) is 0 Å². The summed E-state index contributed by atoms with van der Waals surface area (Å²) in [5, 5.41) is 6.91. The van der Waals surface area contributed by atoms with Gasteiger partial charge in [-0.15, -0.1) is 0 Å². The van der Waals surface area contributed by atoms with Crippen LogP contribution in [0.25, 0.3) is 0 Å². The fourth-order valence-corrected chi connectivity index (χ4v) is 1.71. The van der Waals surface area contributed by atoms with Gasteiger partial charge in [-0.05, 0) is 26.0 Å². The molecule has 17 heavy (non-hydrogen) atoms. The number of nitrogens with zero attached hydrogens (tertiary/aromatic N) is 1. The second kappa shape index (κ2) is 4.59. The number of carbonyl (C=O) groups excluding carboxylic acids is 1. The summed E-state index contributed by atoms with van der Waals surface area (Å²) in [5.74, 6) is 0.299.